The van der Waals surface area contributed by atoms with Gasteiger partial charge in [0.2, 0.25) is 5.91 Å². The quantitative estimate of drug-likeness (QED) is 0.490. The van der Waals surface area contributed by atoms with Gasteiger partial charge in [-0.2, -0.15) is 0 Å². The lowest BCUT2D eigenvalue weighted by molar-refractivity contribution is -0.121. The summed E-state index contributed by atoms with van der Waals surface area (Å²) in [6.07, 6.45) is 3.28. The predicted molar refractivity (Wildman–Crippen MR) is 113 cm³/mol. The molecule has 5 nitrogen and oxygen atoms in total. The molecule has 0 aliphatic rings. The van der Waals surface area contributed by atoms with Crippen molar-refractivity contribution in [2.75, 3.05) is 6.61 Å². The number of nitrogens with one attached hydrogen (secondary N) is 1. The average molecular weight is 400 g/mol. The Morgan fingerprint density at radius 2 is 1.93 bits per heavy atom. The minimum absolute atomic E-state index is 0.0671. The minimum Gasteiger partial charge on any atom is -0.494 e. The normalized spacial score (nSPS) is 10.9. The Morgan fingerprint density at radius 1 is 1.14 bits per heavy atom. The van der Waals surface area contributed by atoms with Crippen LogP contribution in [0.1, 0.15) is 38.4 Å². The molecule has 0 saturated heterocycles. The molecule has 0 aliphatic heterocycles. The number of hydrogen-bond donors (Lipinski definition) is 1. The smallest absolute Gasteiger partial charge is 0.220 e. The summed E-state index contributed by atoms with van der Waals surface area (Å²) in [6.45, 7) is 3.94. The maximum atomic E-state index is 11.8. The number of benzene rings is 2. The SMILES string of the molecule is CCCC(=O)NCc1nc2ccccc2n1CCCCOc1ccc(Cl)cc1. The predicted octanol–water partition coefficient (Wildman–Crippen LogP) is 4.97. The molecule has 0 saturated carbocycles. The van der Waals surface area contributed by atoms with Gasteiger partial charge in [0.15, 0.2) is 0 Å². The molecule has 0 unspecified atom stereocenters. The monoisotopic (exact) mass is 399 g/mol. The Labute approximate surface area is 170 Å². The van der Waals surface area contributed by atoms with Crippen LogP contribution in [-0.4, -0.2) is 22.1 Å². The third kappa shape index (κ3) is 5.49. The number of aromatic nitrogens is 2. The van der Waals surface area contributed by atoms with Crippen LogP contribution in [0.4, 0.5) is 0 Å². The summed E-state index contributed by atoms with van der Waals surface area (Å²) in [4.78, 5) is 16.5. The van der Waals surface area contributed by atoms with Crippen molar-refractivity contribution in [1.29, 1.82) is 0 Å². The van der Waals surface area contributed by atoms with E-state index in [1.165, 1.54) is 0 Å². The van der Waals surface area contributed by atoms with E-state index in [4.69, 9.17) is 21.3 Å². The number of carbonyl (C=O) groups is 1. The van der Waals surface area contributed by atoms with Crippen molar-refractivity contribution in [3.05, 3.63) is 59.4 Å². The summed E-state index contributed by atoms with van der Waals surface area (Å²) in [6, 6.07) is 15.5. The first kappa shape index (κ1) is 20.2. The van der Waals surface area contributed by atoms with Gasteiger partial charge in [-0.05, 0) is 55.7 Å². The summed E-state index contributed by atoms with van der Waals surface area (Å²) in [5.74, 6) is 1.79. The zero-order valence-electron chi connectivity index (χ0n) is 16.2. The van der Waals surface area contributed by atoms with Gasteiger partial charge in [0.05, 0.1) is 24.2 Å². The van der Waals surface area contributed by atoms with E-state index < -0.39 is 0 Å². The van der Waals surface area contributed by atoms with E-state index in [0.29, 0.717) is 24.6 Å². The summed E-state index contributed by atoms with van der Waals surface area (Å²) < 4.78 is 7.96. The van der Waals surface area contributed by atoms with Crippen molar-refractivity contribution in [1.82, 2.24) is 14.9 Å². The van der Waals surface area contributed by atoms with E-state index >= 15 is 0 Å². The summed E-state index contributed by atoms with van der Waals surface area (Å²) in [7, 11) is 0. The van der Waals surface area contributed by atoms with Crippen LogP contribution in [0.5, 0.6) is 5.75 Å². The number of nitrogens with zero attached hydrogens (tertiary/aromatic N) is 2. The number of fused-ring (bicyclic) bond motifs is 1. The van der Waals surface area contributed by atoms with Crippen LogP contribution < -0.4 is 10.1 Å². The molecule has 0 fully saturated rings. The third-order valence-corrected chi connectivity index (χ3v) is 4.76. The zero-order valence-corrected chi connectivity index (χ0v) is 16.9. The molecular formula is C22H26ClN3O2. The zero-order chi connectivity index (χ0) is 19.8. The number of carbonyl (C=O) groups excluding carboxylic acids is 1. The Bertz CT molecular complexity index is 906. The molecule has 148 valence electrons. The van der Waals surface area contributed by atoms with Gasteiger partial charge in [-0.15, -0.1) is 0 Å². The molecule has 28 heavy (non-hydrogen) atoms. The molecule has 0 spiro atoms. The van der Waals surface area contributed by atoms with Crippen molar-refractivity contribution in [2.45, 2.75) is 45.7 Å². The van der Waals surface area contributed by atoms with E-state index in [1.54, 1.807) is 0 Å². The Morgan fingerprint density at radius 3 is 2.71 bits per heavy atom. The van der Waals surface area contributed by atoms with Crippen LogP contribution in [0.15, 0.2) is 48.5 Å². The van der Waals surface area contributed by atoms with Crippen LogP contribution >= 0.6 is 11.6 Å². The van der Waals surface area contributed by atoms with E-state index in [0.717, 1.165) is 48.4 Å². The number of hydrogen-bond acceptors (Lipinski definition) is 3. The van der Waals surface area contributed by atoms with Crippen molar-refractivity contribution < 1.29 is 9.53 Å². The minimum atomic E-state index is 0.0671. The molecule has 1 amide bonds. The first-order chi connectivity index (χ1) is 13.7. The van der Waals surface area contributed by atoms with Crippen LogP contribution in [0.2, 0.25) is 5.02 Å². The van der Waals surface area contributed by atoms with Gasteiger partial charge in [0, 0.05) is 18.0 Å². The van der Waals surface area contributed by atoms with Gasteiger partial charge in [-0.1, -0.05) is 30.7 Å². The Balaban J connectivity index is 1.57. The first-order valence-electron chi connectivity index (χ1n) is 9.76. The molecule has 0 aliphatic carbocycles. The second-order valence-electron chi connectivity index (χ2n) is 6.70. The molecule has 0 radical (unpaired) electrons. The molecule has 1 heterocycles. The maximum Gasteiger partial charge on any atom is 0.220 e. The highest BCUT2D eigenvalue weighted by Gasteiger charge is 2.11. The van der Waals surface area contributed by atoms with Crippen molar-refractivity contribution >= 4 is 28.5 Å². The van der Waals surface area contributed by atoms with Crippen molar-refractivity contribution in [3.63, 3.8) is 0 Å². The number of halogens is 1. The van der Waals surface area contributed by atoms with Crippen molar-refractivity contribution in [3.8, 4) is 5.75 Å². The van der Waals surface area contributed by atoms with Gasteiger partial charge in [-0.25, -0.2) is 4.98 Å². The molecule has 1 aromatic heterocycles. The van der Waals surface area contributed by atoms with E-state index in [2.05, 4.69) is 16.0 Å². The lowest BCUT2D eigenvalue weighted by Crippen LogP contribution is -2.24. The molecule has 3 aromatic rings. The molecule has 0 bridgehead atoms. The van der Waals surface area contributed by atoms with Gasteiger partial charge in [-0.3, -0.25) is 4.79 Å². The fraction of sp³-hybridized carbons (Fsp3) is 0.364. The highest BCUT2D eigenvalue weighted by molar-refractivity contribution is 6.30. The fourth-order valence-electron chi connectivity index (χ4n) is 3.10. The lowest BCUT2D eigenvalue weighted by Gasteiger charge is -2.11. The number of amides is 1. The lowest BCUT2D eigenvalue weighted by atomic mass is 10.3. The van der Waals surface area contributed by atoms with Gasteiger partial charge < -0.3 is 14.6 Å². The van der Waals surface area contributed by atoms with E-state index in [1.807, 2.05) is 49.4 Å². The van der Waals surface area contributed by atoms with Crippen LogP contribution in [0.3, 0.4) is 0 Å². The van der Waals surface area contributed by atoms with Gasteiger partial charge in [0.1, 0.15) is 11.6 Å². The molecule has 3 rings (SSSR count). The van der Waals surface area contributed by atoms with Crippen LogP contribution in [0.25, 0.3) is 11.0 Å². The molecule has 6 heteroatoms. The number of aryl methyl sites for hydroxylation is 1. The molecule has 0 atom stereocenters. The van der Waals surface area contributed by atoms with E-state index in [-0.39, 0.29) is 5.91 Å². The Kier molecular flexibility index (Phi) is 7.31. The number of unbranched alkanes of at least 4 members (excludes halogenated alkanes) is 1. The number of ether oxygens (including phenoxy) is 1. The highest BCUT2D eigenvalue weighted by Crippen LogP contribution is 2.18. The number of rotatable bonds is 10. The second-order valence-corrected chi connectivity index (χ2v) is 7.14. The summed E-state index contributed by atoms with van der Waals surface area (Å²) in [5.41, 5.74) is 2.06. The van der Waals surface area contributed by atoms with Crippen LogP contribution in [0, 0.1) is 0 Å². The summed E-state index contributed by atoms with van der Waals surface area (Å²) in [5, 5.41) is 3.68. The fourth-order valence-corrected chi connectivity index (χ4v) is 3.22. The first-order valence-corrected chi connectivity index (χ1v) is 10.1. The van der Waals surface area contributed by atoms with Crippen LogP contribution in [-0.2, 0) is 17.9 Å². The van der Waals surface area contributed by atoms with Gasteiger partial charge in [0.25, 0.3) is 0 Å². The molecule has 2 aromatic carbocycles. The Hall–Kier alpha value is -2.53. The second kappa shape index (κ2) is 10.1. The molecule has 1 N–H and O–H groups in total. The topological polar surface area (TPSA) is 56.2 Å². The highest BCUT2D eigenvalue weighted by atomic mass is 35.5. The standard InChI is InChI=1S/C22H26ClN3O2/c1-2-7-22(27)24-16-21-25-19-8-3-4-9-20(19)26(21)14-5-6-15-28-18-12-10-17(23)11-13-18/h3-4,8-13H,2,5-7,14-16H2,1H3,(H,24,27). The largest absolute Gasteiger partial charge is 0.494 e. The average Bonchev–Trinajstić information content (AvgIpc) is 3.05. The summed E-state index contributed by atoms with van der Waals surface area (Å²) >= 11 is 5.89. The van der Waals surface area contributed by atoms with Crippen molar-refractivity contribution in [2.24, 2.45) is 0 Å². The van der Waals surface area contributed by atoms with Gasteiger partial charge >= 0.3 is 0 Å². The third-order valence-electron chi connectivity index (χ3n) is 4.51. The molecular weight excluding hydrogens is 374 g/mol. The maximum absolute atomic E-state index is 11.8. The van der Waals surface area contributed by atoms with E-state index in [9.17, 15) is 4.79 Å². The number of imidazole rings is 1. The number of para-hydroxylation sites is 2.